The quantitative estimate of drug-likeness (QED) is 0.331. The van der Waals surface area contributed by atoms with Gasteiger partial charge in [-0.3, -0.25) is 14.6 Å². The van der Waals surface area contributed by atoms with Gasteiger partial charge in [-0.1, -0.05) is 66.7 Å². The third-order valence-corrected chi connectivity index (χ3v) is 8.43. The Balaban J connectivity index is 1.26. The molecule has 2 heterocycles. The fraction of sp³-hybridized carbons (Fsp3) is 0.265. The third-order valence-electron chi connectivity index (χ3n) is 8.43. The minimum Gasteiger partial charge on any atom is -0.497 e. The Labute approximate surface area is 255 Å². The summed E-state index contributed by atoms with van der Waals surface area (Å²) in [6.45, 7) is 0.818. The second-order valence-electron chi connectivity index (χ2n) is 11.1. The molecule has 10 heteroatoms. The van der Waals surface area contributed by atoms with Crippen molar-refractivity contribution >= 4 is 28.6 Å². The van der Waals surface area contributed by atoms with Gasteiger partial charge in [0.05, 0.1) is 20.2 Å². The Kier molecular flexibility index (Phi) is 8.17. The lowest BCUT2D eigenvalue weighted by atomic mass is 9.99. The highest BCUT2D eigenvalue weighted by Gasteiger charge is 2.51. The van der Waals surface area contributed by atoms with Gasteiger partial charge in [-0.2, -0.15) is 5.01 Å². The van der Waals surface area contributed by atoms with Gasteiger partial charge < -0.3 is 19.9 Å². The van der Waals surface area contributed by atoms with Gasteiger partial charge in [-0.15, -0.1) is 0 Å². The minimum atomic E-state index is -0.803. The van der Waals surface area contributed by atoms with E-state index >= 15 is 0 Å². The number of nitrogens with zero attached hydrogens (tertiary/aromatic N) is 4. The van der Waals surface area contributed by atoms with Gasteiger partial charge in [0, 0.05) is 26.6 Å². The van der Waals surface area contributed by atoms with Crippen molar-refractivity contribution in [2.75, 3.05) is 27.2 Å². The number of halogens is 1. The van der Waals surface area contributed by atoms with Crippen molar-refractivity contribution in [1.82, 2.24) is 25.1 Å². The number of fused-ring (bicyclic) bond motifs is 2. The molecule has 226 valence electrons. The monoisotopic (exact) mass is 595 g/mol. The van der Waals surface area contributed by atoms with Gasteiger partial charge in [0.1, 0.15) is 23.8 Å². The molecule has 44 heavy (non-hydrogen) atoms. The molecular formula is C34H34FN5O4. The molecule has 2 fully saturated rings. The van der Waals surface area contributed by atoms with E-state index in [1.807, 2.05) is 66.7 Å². The maximum absolute atomic E-state index is 14.1. The molecular weight excluding hydrogens is 561 g/mol. The summed E-state index contributed by atoms with van der Waals surface area (Å²) in [6, 6.07) is 26.2. The van der Waals surface area contributed by atoms with Crippen molar-refractivity contribution in [2.45, 2.75) is 31.7 Å². The Hall–Kier alpha value is -4.96. The van der Waals surface area contributed by atoms with Crippen molar-refractivity contribution in [1.29, 1.82) is 0 Å². The van der Waals surface area contributed by atoms with E-state index in [2.05, 4.69) is 5.32 Å². The van der Waals surface area contributed by atoms with Crippen LogP contribution in [-0.2, 0) is 29.1 Å². The van der Waals surface area contributed by atoms with Crippen molar-refractivity contribution in [3.8, 4) is 5.75 Å². The van der Waals surface area contributed by atoms with Gasteiger partial charge in [-0.05, 0) is 51.7 Å². The van der Waals surface area contributed by atoms with Crippen LogP contribution >= 0.6 is 0 Å². The summed E-state index contributed by atoms with van der Waals surface area (Å²) in [5.74, 6) is -0.0665. The van der Waals surface area contributed by atoms with E-state index in [0.29, 0.717) is 13.1 Å². The van der Waals surface area contributed by atoms with Crippen molar-refractivity contribution in [3.05, 3.63) is 114 Å². The number of methoxy groups -OCH3 is 1. The number of piperazine rings is 1. The zero-order chi connectivity index (χ0) is 30.8. The molecule has 4 aromatic rings. The van der Waals surface area contributed by atoms with Gasteiger partial charge in [0.25, 0.3) is 0 Å². The Bertz CT molecular complexity index is 1670. The van der Waals surface area contributed by atoms with Crippen molar-refractivity contribution in [2.24, 2.45) is 0 Å². The van der Waals surface area contributed by atoms with Crippen LogP contribution in [0, 0.1) is 5.82 Å². The maximum atomic E-state index is 14.1. The van der Waals surface area contributed by atoms with Gasteiger partial charge in [-0.25, -0.2) is 9.18 Å². The number of rotatable bonds is 8. The lowest BCUT2D eigenvalue weighted by Gasteiger charge is -2.46. The first kappa shape index (κ1) is 29.1. The molecule has 0 aliphatic carbocycles. The van der Waals surface area contributed by atoms with Crippen LogP contribution in [0.15, 0.2) is 91.0 Å². The smallest absolute Gasteiger partial charge is 0.332 e. The number of carbonyl (C=O) groups excluding carboxylic acids is 3. The lowest BCUT2D eigenvalue weighted by molar-refractivity contribution is -0.157. The molecule has 0 bridgehead atoms. The molecule has 0 unspecified atom stereocenters. The highest BCUT2D eigenvalue weighted by atomic mass is 19.1. The van der Waals surface area contributed by atoms with Gasteiger partial charge in [0.2, 0.25) is 11.8 Å². The first-order valence-corrected chi connectivity index (χ1v) is 14.5. The number of urea groups is 1. The molecule has 0 spiro atoms. The summed E-state index contributed by atoms with van der Waals surface area (Å²) in [5.41, 5.74) is 2.63. The van der Waals surface area contributed by atoms with E-state index in [1.54, 1.807) is 41.1 Å². The van der Waals surface area contributed by atoms with E-state index in [1.165, 1.54) is 17.1 Å². The average molecular weight is 596 g/mol. The molecule has 4 amide bonds. The van der Waals surface area contributed by atoms with E-state index in [4.69, 9.17) is 4.74 Å². The van der Waals surface area contributed by atoms with E-state index in [9.17, 15) is 18.8 Å². The molecule has 9 nitrogen and oxygen atoms in total. The molecule has 0 radical (unpaired) electrons. The van der Waals surface area contributed by atoms with Crippen LogP contribution in [-0.4, -0.2) is 77.1 Å². The normalized spacial score (nSPS) is 18.4. The minimum absolute atomic E-state index is 0.0492. The summed E-state index contributed by atoms with van der Waals surface area (Å²) in [5, 5.41) is 8.18. The molecule has 0 saturated carbocycles. The average Bonchev–Trinajstić information content (AvgIpc) is 3.38. The summed E-state index contributed by atoms with van der Waals surface area (Å²) in [7, 11) is 3.22. The number of carbonyl (C=O) groups is 3. The first-order valence-electron chi connectivity index (χ1n) is 14.5. The predicted octanol–water partition coefficient (Wildman–Crippen LogP) is 4.17. The Morgan fingerprint density at radius 3 is 2.41 bits per heavy atom. The van der Waals surface area contributed by atoms with Crippen molar-refractivity contribution in [3.63, 3.8) is 0 Å². The maximum Gasteiger partial charge on any atom is 0.332 e. The van der Waals surface area contributed by atoms with Crippen molar-refractivity contribution < 1.29 is 23.5 Å². The van der Waals surface area contributed by atoms with E-state index < -0.39 is 12.2 Å². The fourth-order valence-corrected chi connectivity index (χ4v) is 6.08. The SMILES string of the molecule is COc1ccc(CNC(=O)N(C)N2CC(=O)N3[C@@H](Cc4ccc(F)cc4)C(=O)N(Cc4cccc5ccccc45)C[C@@H]32)cc1. The molecule has 2 aliphatic heterocycles. The summed E-state index contributed by atoms with van der Waals surface area (Å²) in [4.78, 5) is 44.3. The lowest BCUT2D eigenvalue weighted by Crippen LogP contribution is -2.65. The number of amides is 4. The number of hydrogen-bond acceptors (Lipinski definition) is 5. The molecule has 0 aromatic heterocycles. The van der Waals surface area contributed by atoms with Crippen LogP contribution in [0.3, 0.4) is 0 Å². The van der Waals surface area contributed by atoms with Crippen LogP contribution in [0.1, 0.15) is 16.7 Å². The topological polar surface area (TPSA) is 85.4 Å². The predicted molar refractivity (Wildman–Crippen MR) is 164 cm³/mol. The number of hydrogen-bond donors (Lipinski definition) is 1. The highest BCUT2D eigenvalue weighted by molar-refractivity contribution is 5.92. The second kappa shape index (κ2) is 12.3. The zero-order valence-corrected chi connectivity index (χ0v) is 24.7. The van der Waals surface area contributed by atoms with Crippen LogP contribution in [0.2, 0.25) is 0 Å². The largest absolute Gasteiger partial charge is 0.497 e. The number of ether oxygens (including phenoxy) is 1. The molecule has 2 saturated heterocycles. The summed E-state index contributed by atoms with van der Waals surface area (Å²) < 4.78 is 18.9. The molecule has 2 aliphatic rings. The fourth-order valence-electron chi connectivity index (χ4n) is 6.08. The highest BCUT2D eigenvalue weighted by Crippen LogP contribution is 2.31. The first-order chi connectivity index (χ1) is 21.3. The number of hydrazine groups is 1. The van der Waals surface area contributed by atoms with Crippen LogP contribution < -0.4 is 10.1 Å². The Morgan fingerprint density at radius 1 is 0.955 bits per heavy atom. The summed E-state index contributed by atoms with van der Waals surface area (Å²) in [6.07, 6.45) is -0.327. The third kappa shape index (κ3) is 5.80. The number of benzene rings is 4. The van der Waals surface area contributed by atoms with E-state index in [0.717, 1.165) is 33.2 Å². The zero-order valence-electron chi connectivity index (χ0n) is 24.7. The van der Waals surface area contributed by atoms with E-state index in [-0.39, 0.29) is 43.2 Å². The number of nitrogens with one attached hydrogen (secondary N) is 1. The Morgan fingerprint density at radius 2 is 1.66 bits per heavy atom. The van der Waals surface area contributed by atoms with Gasteiger partial charge >= 0.3 is 6.03 Å². The molecule has 2 atom stereocenters. The van der Waals surface area contributed by atoms with Crippen LogP contribution in [0.25, 0.3) is 10.8 Å². The van der Waals surface area contributed by atoms with Crippen LogP contribution in [0.5, 0.6) is 5.75 Å². The molecule has 6 rings (SSSR count). The molecule has 4 aromatic carbocycles. The van der Waals surface area contributed by atoms with Gasteiger partial charge in [0.15, 0.2) is 0 Å². The second-order valence-corrected chi connectivity index (χ2v) is 11.1. The molecule has 1 N–H and O–H groups in total. The van der Waals surface area contributed by atoms with Crippen LogP contribution in [0.4, 0.5) is 9.18 Å². The summed E-state index contributed by atoms with van der Waals surface area (Å²) >= 11 is 0. The standard InChI is InChI=1S/C34H34FN5O4/c1-37(34(43)36-19-24-12-16-28(44-2)17-13-24)39-22-32(41)40-30(18-23-10-14-27(35)15-11-23)33(42)38(21-31(39)40)20-26-8-5-7-25-6-3-4-9-29(25)26/h3-17,30-31H,18-22H2,1-2H3,(H,36,43)/t30-,31+/m0/s1.